The van der Waals surface area contributed by atoms with Gasteiger partial charge in [0.2, 0.25) is 5.95 Å². The van der Waals surface area contributed by atoms with Crippen molar-refractivity contribution in [3.8, 4) is 21.8 Å². The van der Waals surface area contributed by atoms with Crippen molar-refractivity contribution in [3.05, 3.63) is 76.7 Å². The highest BCUT2D eigenvalue weighted by Gasteiger charge is 2.28. The number of halogens is 3. The summed E-state index contributed by atoms with van der Waals surface area (Å²) in [5.41, 5.74) is 0.798. The maximum Gasteiger partial charge on any atom is 0.223 e. The smallest absolute Gasteiger partial charge is 0.223 e. The molecule has 0 aliphatic carbocycles. The van der Waals surface area contributed by atoms with Gasteiger partial charge in [-0.3, -0.25) is 0 Å². The summed E-state index contributed by atoms with van der Waals surface area (Å²) < 4.78 is 75.6. The van der Waals surface area contributed by atoms with E-state index in [1.165, 1.54) is 29.5 Å². The molecule has 7 nitrogen and oxygen atoms in total. The number of nitrogens with one attached hydrogen (secondary N) is 1. The number of aromatic nitrogens is 3. The van der Waals surface area contributed by atoms with E-state index in [1.54, 1.807) is 12.3 Å². The van der Waals surface area contributed by atoms with Crippen molar-refractivity contribution in [2.24, 2.45) is 5.92 Å². The summed E-state index contributed by atoms with van der Waals surface area (Å²) in [5, 5.41) is 4.01. The quantitative estimate of drug-likeness (QED) is 0.230. The fourth-order valence-corrected chi connectivity index (χ4v) is 7.21. The number of benzene rings is 2. The third-order valence-electron chi connectivity index (χ3n) is 6.68. The lowest BCUT2D eigenvalue weighted by molar-refractivity contribution is 0.0853. The molecule has 1 aliphatic rings. The Morgan fingerprint density at radius 3 is 2.61 bits per heavy atom. The summed E-state index contributed by atoms with van der Waals surface area (Å²) >= 11 is 1.41. The molecule has 4 aromatic rings. The number of hydrogen-bond donors (Lipinski definition) is 1. The van der Waals surface area contributed by atoms with Crippen LogP contribution in [-0.4, -0.2) is 43.1 Å². The van der Waals surface area contributed by atoms with E-state index in [9.17, 15) is 17.2 Å². The third kappa shape index (κ3) is 6.60. The zero-order valence-electron chi connectivity index (χ0n) is 22.5. The lowest BCUT2D eigenvalue weighted by Crippen LogP contribution is -2.13. The molecule has 0 atom stereocenters. The van der Waals surface area contributed by atoms with Crippen LogP contribution in [0.15, 0.2) is 53.6 Å². The van der Waals surface area contributed by atoms with Crippen molar-refractivity contribution >= 4 is 27.1 Å². The second-order valence-electron chi connectivity index (χ2n) is 10.3. The molecule has 2 aromatic heterocycles. The van der Waals surface area contributed by atoms with Crippen LogP contribution in [0.1, 0.15) is 43.2 Å². The molecule has 0 amide bonds. The first-order chi connectivity index (χ1) is 19.6. The van der Waals surface area contributed by atoms with Crippen LogP contribution in [0.5, 0.6) is 0 Å². The van der Waals surface area contributed by atoms with Crippen LogP contribution in [0.25, 0.3) is 21.8 Å². The Morgan fingerprint density at radius 1 is 1.07 bits per heavy atom. The van der Waals surface area contributed by atoms with Crippen molar-refractivity contribution in [3.63, 3.8) is 0 Å². The Kier molecular flexibility index (Phi) is 8.71. The monoisotopic (exact) mass is 602 g/mol. The van der Waals surface area contributed by atoms with Crippen molar-refractivity contribution in [2.45, 2.75) is 43.3 Å². The molecule has 2 aromatic carbocycles. The molecule has 3 heterocycles. The number of anilines is 1. The zero-order valence-corrected chi connectivity index (χ0v) is 24.2. The Hall–Kier alpha value is -3.35. The Labute approximate surface area is 240 Å². The van der Waals surface area contributed by atoms with Crippen LogP contribution in [0.2, 0.25) is 0 Å². The number of hydrogen-bond acceptors (Lipinski definition) is 8. The highest BCUT2D eigenvalue weighted by atomic mass is 32.2. The van der Waals surface area contributed by atoms with Gasteiger partial charge < -0.3 is 10.1 Å². The number of ether oxygens (including phenoxy) is 1. The molecule has 0 bridgehead atoms. The van der Waals surface area contributed by atoms with Gasteiger partial charge >= 0.3 is 0 Å². The highest BCUT2D eigenvalue weighted by Crippen LogP contribution is 2.42. The highest BCUT2D eigenvalue weighted by molar-refractivity contribution is 7.90. The number of nitrogens with zero attached hydrogens (tertiary/aromatic N) is 3. The largest absolute Gasteiger partial charge is 0.381 e. The molecular weight excluding hydrogens is 573 g/mol. The lowest BCUT2D eigenvalue weighted by Gasteiger charge is -2.19. The van der Waals surface area contributed by atoms with Crippen LogP contribution < -0.4 is 5.32 Å². The van der Waals surface area contributed by atoms with Crippen molar-refractivity contribution in [1.82, 2.24) is 15.0 Å². The molecule has 0 unspecified atom stereocenters. The predicted octanol–water partition coefficient (Wildman–Crippen LogP) is 6.62. The number of rotatable bonds is 9. The molecular formula is C29H29F3N4O3S2. The summed E-state index contributed by atoms with van der Waals surface area (Å²) in [4.78, 5) is 13.6. The van der Waals surface area contributed by atoms with E-state index in [2.05, 4.69) is 29.1 Å². The van der Waals surface area contributed by atoms with Crippen LogP contribution >= 0.6 is 11.3 Å². The van der Waals surface area contributed by atoms with Crippen molar-refractivity contribution in [1.29, 1.82) is 0 Å². The van der Waals surface area contributed by atoms with Gasteiger partial charge in [0.15, 0.2) is 9.84 Å². The molecule has 5 rings (SSSR count). The Balaban J connectivity index is 1.57. The molecule has 12 heteroatoms. The van der Waals surface area contributed by atoms with E-state index in [-0.39, 0.29) is 17.0 Å². The lowest BCUT2D eigenvalue weighted by atomic mass is 10.0. The molecule has 41 heavy (non-hydrogen) atoms. The second kappa shape index (κ2) is 12.3. The van der Waals surface area contributed by atoms with Crippen LogP contribution in [0.4, 0.5) is 19.1 Å². The van der Waals surface area contributed by atoms with Gasteiger partial charge in [-0.15, -0.1) is 11.3 Å². The number of thiazole rings is 1. The van der Waals surface area contributed by atoms with Gasteiger partial charge in [0.25, 0.3) is 0 Å². The van der Waals surface area contributed by atoms with Gasteiger partial charge in [0.05, 0.1) is 27.0 Å². The van der Waals surface area contributed by atoms with Crippen molar-refractivity contribution in [2.75, 3.05) is 25.1 Å². The van der Waals surface area contributed by atoms with E-state index in [0.717, 1.165) is 30.0 Å². The predicted molar refractivity (Wildman–Crippen MR) is 152 cm³/mol. The zero-order chi connectivity index (χ0) is 29.1. The summed E-state index contributed by atoms with van der Waals surface area (Å²) in [7, 11) is -4.40. The number of sulfone groups is 1. The van der Waals surface area contributed by atoms with E-state index >= 15 is 4.39 Å². The molecule has 1 N–H and O–H groups in total. The van der Waals surface area contributed by atoms with Gasteiger partial charge in [-0.25, -0.2) is 36.5 Å². The standard InChI is InChI=1S/C29H29F3N4O3S2/c1-17(2)15-34-29-33-11-8-23(35-29)27-26(36-28(40-27)18-9-12-39-13-10-18)21-5-3-4-19(25(21)32)16-41(37,38)24-14-20(30)6-7-22(24)31/h3-8,11,14,17-18H,9-10,12-13,15-16H2,1-2H3,(H,33,34,35). The second-order valence-corrected chi connectivity index (χ2v) is 13.3. The van der Waals surface area contributed by atoms with Crippen LogP contribution in [-0.2, 0) is 20.3 Å². The maximum atomic E-state index is 16.1. The van der Waals surface area contributed by atoms with E-state index < -0.39 is 37.9 Å². The fourth-order valence-electron chi connectivity index (χ4n) is 4.55. The topological polar surface area (TPSA) is 94.1 Å². The molecule has 1 aliphatic heterocycles. The van der Waals surface area contributed by atoms with Crippen molar-refractivity contribution < 1.29 is 26.3 Å². The Bertz CT molecular complexity index is 1660. The maximum absolute atomic E-state index is 16.1. The minimum Gasteiger partial charge on any atom is -0.381 e. The minimum absolute atomic E-state index is 0.0947. The van der Waals surface area contributed by atoms with Gasteiger partial charge in [0, 0.05) is 43.0 Å². The minimum atomic E-state index is -4.40. The van der Waals surface area contributed by atoms with Gasteiger partial charge in [-0.1, -0.05) is 26.0 Å². The summed E-state index contributed by atoms with van der Waals surface area (Å²) in [6, 6.07) is 8.26. The van der Waals surface area contributed by atoms with Crippen LogP contribution in [0.3, 0.4) is 0 Å². The molecule has 216 valence electrons. The summed E-state index contributed by atoms with van der Waals surface area (Å²) in [6.07, 6.45) is 3.17. The molecule has 0 radical (unpaired) electrons. The first-order valence-corrected chi connectivity index (χ1v) is 15.7. The fraction of sp³-hybridized carbons (Fsp3) is 0.345. The van der Waals surface area contributed by atoms with E-state index in [1.807, 2.05) is 0 Å². The van der Waals surface area contributed by atoms with E-state index in [0.29, 0.717) is 54.0 Å². The van der Waals surface area contributed by atoms with Gasteiger partial charge in [0.1, 0.15) is 22.3 Å². The summed E-state index contributed by atoms with van der Waals surface area (Å²) in [6.45, 7) is 6.01. The first-order valence-electron chi connectivity index (χ1n) is 13.2. The first kappa shape index (κ1) is 29.2. The molecule has 1 saturated heterocycles. The SMILES string of the molecule is CC(C)CNc1nccc(-c2sc(C3CCOCC3)nc2-c2cccc(CS(=O)(=O)c3cc(F)ccc3F)c2F)n1. The average Bonchev–Trinajstić information content (AvgIpc) is 3.40. The molecule has 0 saturated carbocycles. The van der Waals surface area contributed by atoms with Gasteiger partial charge in [-0.05, 0) is 49.1 Å². The third-order valence-corrected chi connectivity index (χ3v) is 9.59. The molecule has 1 fully saturated rings. The average molecular weight is 603 g/mol. The molecule has 0 spiro atoms. The normalized spacial score (nSPS) is 14.5. The van der Waals surface area contributed by atoms with Crippen LogP contribution in [0, 0.1) is 23.4 Å². The Morgan fingerprint density at radius 2 is 1.85 bits per heavy atom. The van der Waals surface area contributed by atoms with Gasteiger partial charge in [-0.2, -0.15) is 0 Å². The summed E-state index contributed by atoms with van der Waals surface area (Å²) in [5.74, 6) is -2.73. The van der Waals surface area contributed by atoms with E-state index in [4.69, 9.17) is 9.72 Å².